The fourth-order valence-electron chi connectivity index (χ4n) is 2.03. The van der Waals surface area contributed by atoms with Crippen LogP contribution < -0.4 is 0 Å². The van der Waals surface area contributed by atoms with Crippen LogP contribution >= 0.6 is 11.8 Å². The molecule has 0 aliphatic rings. The summed E-state index contributed by atoms with van der Waals surface area (Å²) in [5, 5.41) is 0. The number of esters is 2. The molecular formula is C18H34O4S. The molecule has 4 nitrogen and oxygen atoms in total. The van der Waals surface area contributed by atoms with Gasteiger partial charge in [-0.2, -0.15) is 11.8 Å². The molecule has 0 aromatic heterocycles. The molecule has 0 spiro atoms. The van der Waals surface area contributed by atoms with E-state index >= 15 is 0 Å². The Hall–Kier alpha value is -0.710. The minimum absolute atomic E-state index is 0.138. The average Bonchev–Trinajstić information content (AvgIpc) is 2.56. The van der Waals surface area contributed by atoms with Crippen LogP contribution in [0.25, 0.3) is 0 Å². The third kappa shape index (κ3) is 12.4. The van der Waals surface area contributed by atoms with Crippen LogP contribution in [0.1, 0.15) is 66.2 Å². The molecule has 23 heavy (non-hydrogen) atoms. The molecule has 0 unspecified atom stereocenters. The Morgan fingerprint density at radius 2 is 1.09 bits per heavy atom. The first-order valence-electron chi connectivity index (χ1n) is 8.96. The first kappa shape index (κ1) is 22.3. The van der Waals surface area contributed by atoms with E-state index in [1.807, 2.05) is 0 Å². The molecule has 0 amide bonds. The first-order chi connectivity index (χ1) is 11.1. The third-order valence-electron chi connectivity index (χ3n) is 4.17. The van der Waals surface area contributed by atoms with Crippen LogP contribution in [-0.4, -0.2) is 36.7 Å². The zero-order chi connectivity index (χ0) is 17.5. The highest BCUT2D eigenvalue weighted by Gasteiger charge is 2.10. The van der Waals surface area contributed by atoms with Gasteiger partial charge in [0.1, 0.15) is 0 Å². The molecule has 0 rings (SSSR count). The predicted octanol–water partition coefficient (Wildman–Crippen LogP) is 4.46. The highest BCUT2D eigenvalue weighted by atomic mass is 32.2. The summed E-state index contributed by atoms with van der Waals surface area (Å²) in [7, 11) is 0. The van der Waals surface area contributed by atoms with Crippen molar-refractivity contribution in [1.82, 2.24) is 0 Å². The van der Waals surface area contributed by atoms with E-state index in [2.05, 4.69) is 27.7 Å². The fraction of sp³-hybridized carbons (Fsp3) is 0.889. The Kier molecular flexibility index (Phi) is 14.4. The van der Waals surface area contributed by atoms with Crippen molar-refractivity contribution in [2.75, 3.05) is 24.7 Å². The average molecular weight is 347 g/mol. The fourth-order valence-corrected chi connectivity index (χ4v) is 2.85. The molecule has 0 aromatic rings. The molecule has 0 bridgehead atoms. The van der Waals surface area contributed by atoms with Gasteiger partial charge in [0, 0.05) is 11.5 Å². The highest BCUT2D eigenvalue weighted by Crippen LogP contribution is 2.11. The molecule has 0 saturated carbocycles. The number of hydrogen-bond donors (Lipinski definition) is 0. The van der Waals surface area contributed by atoms with Crippen molar-refractivity contribution in [1.29, 1.82) is 0 Å². The van der Waals surface area contributed by atoms with Gasteiger partial charge in [0.25, 0.3) is 0 Å². The topological polar surface area (TPSA) is 52.6 Å². The monoisotopic (exact) mass is 346 g/mol. The summed E-state index contributed by atoms with van der Waals surface area (Å²) in [4.78, 5) is 23.2. The second-order valence-electron chi connectivity index (χ2n) is 5.84. The summed E-state index contributed by atoms with van der Waals surface area (Å²) in [5.41, 5.74) is 0. The molecule has 0 N–H and O–H groups in total. The normalized spacial score (nSPS) is 11.0. The maximum Gasteiger partial charge on any atom is 0.306 e. The van der Waals surface area contributed by atoms with Crippen molar-refractivity contribution in [3.05, 3.63) is 0 Å². The summed E-state index contributed by atoms with van der Waals surface area (Å²) in [5.74, 6) is 2.05. The van der Waals surface area contributed by atoms with Gasteiger partial charge in [-0.15, -0.1) is 0 Å². The van der Waals surface area contributed by atoms with E-state index in [1.165, 1.54) is 0 Å². The quantitative estimate of drug-likeness (QED) is 0.343. The minimum atomic E-state index is -0.138. The molecular weight excluding hydrogens is 312 g/mol. The van der Waals surface area contributed by atoms with Crippen LogP contribution in [0.2, 0.25) is 0 Å². The van der Waals surface area contributed by atoms with E-state index in [1.54, 1.807) is 11.8 Å². The lowest BCUT2D eigenvalue weighted by Gasteiger charge is -2.13. The highest BCUT2D eigenvalue weighted by molar-refractivity contribution is 7.99. The minimum Gasteiger partial charge on any atom is -0.465 e. The lowest BCUT2D eigenvalue weighted by atomic mass is 10.1. The smallest absolute Gasteiger partial charge is 0.306 e. The maximum atomic E-state index is 11.6. The first-order valence-corrected chi connectivity index (χ1v) is 10.1. The Morgan fingerprint density at radius 1 is 0.739 bits per heavy atom. The summed E-state index contributed by atoms with van der Waals surface area (Å²) in [6.07, 6.45) is 4.98. The number of carbonyl (C=O) groups excluding carboxylic acids is 2. The van der Waals surface area contributed by atoms with Crippen molar-refractivity contribution in [3.8, 4) is 0 Å². The summed E-state index contributed by atoms with van der Waals surface area (Å²) in [6.45, 7) is 9.50. The van der Waals surface area contributed by atoms with E-state index in [9.17, 15) is 9.59 Å². The molecule has 0 aromatic carbocycles. The van der Waals surface area contributed by atoms with Crippen molar-refractivity contribution < 1.29 is 19.1 Å². The SMILES string of the molecule is CCC(CC)COC(=O)CCSCCC(=O)OCC(CC)CC. The van der Waals surface area contributed by atoms with Gasteiger partial charge in [-0.25, -0.2) is 0 Å². The van der Waals surface area contributed by atoms with Crippen molar-refractivity contribution >= 4 is 23.7 Å². The Morgan fingerprint density at radius 3 is 1.39 bits per heavy atom. The van der Waals surface area contributed by atoms with Gasteiger partial charge in [-0.1, -0.05) is 53.4 Å². The Balaban J connectivity index is 3.57. The molecule has 0 aliphatic carbocycles. The second kappa shape index (κ2) is 14.9. The molecule has 136 valence electrons. The molecule has 0 atom stereocenters. The largest absolute Gasteiger partial charge is 0.465 e. The number of hydrogen-bond acceptors (Lipinski definition) is 5. The van der Waals surface area contributed by atoms with Gasteiger partial charge in [0.15, 0.2) is 0 Å². The number of rotatable bonds is 14. The Labute approximate surface area is 146 Å². The summed E-state index contributed by atoms with van der Waals surface area (Å²) < 4.78 is 10.5. The predicted molar refractivity (Wildman–Crippen MR) is 96.6 cm³/mol. The molecule has 0 radical (unpaired) electrons. The van der Waals surface area contributed by atoms with Crippen LogP contribution in [0.4, 0.5) is 0 Å². The zero-order valence-corrected chi connectivity index (χ0v) is 16.1. The standard InChI is InChI=1S/C18H34O4S/c1-5-15(6-2)13-21-17(19)9-11-23-12-10-18(20)22-14-16(7-3)8-4/h15-16H,5-14H2,1-4H3. The van der Waals surface area contributed by atoms with E-state index in [-0.39, 0.29) is 11.9 Å². The summed E-state index contributed by atoms with van der Waals surface area (Å²) in [6, 6.07) is 0. The Bertz CT molecular complexity index is 282. The van der Waals surface area contributed by atoms with Crippen LogP contribution in [0.15, 0.2) is 0 Å². The lowest BCUT2D eigenvalue weighted by molar-refractivity contribution is -0.145. The van der Waals surface area contributed by atoms with Crippen LogP contribution in [0.5, 0.6) is 0 Å². The molecule has 0 saturated heterocycles. The van der Waals surface area contributed by atoms with Gasteiger partial charge < -0.3 is 9.47 Å². The van der Waals surface area contributed by atoms with E-state index < -0.39 is 0 Å². The van der Waals surface area contributed by atoms with Gasteiger partial charge in [0.05, 0.1) is 26.1 Å². The summed E-state index contributed by atoms with van der Waals surface area (Å²) >= 11 is 1.60. The number of thioether (sulfide) groups is 1. The van der Waals surface area contributed by atoms with E-state index in [0.29, 0.717) is 49.4 Å². The van der Waals surface area contributed by atoms with Crippen LogP contribution in [0, 0.1) is 11.8 Å². The zero-order valence-electron chi connectivity index (χ0n) is 15.3. The molecule has 0 aliphatic heterocycles. The van der Waals surface area contributed by atoms with E-state index in [4.69, 9.17) is 9.47 Å². The lowest BCUT2D eigenvalue weighted by Crippen LogP contribution is -2.14. The van der Waals surface area contributed by atoms with Crippen LogP contribution in [0.3, 0.4) is 0 Å². The molecule has 5 heteroatoms. The molecule has 0 heterocycles. The third-order valence-corrected chi connectivity index (χ3v) is 5.16. The van der Waals surface area contributed by atoms with Gasteiger partial charge in [-0.3, -0.25) is 9.59 Å². The number of ether oxygens (including phenoxy) is 2. The van der Waals surface area contributed by atoms with E-state index in [0.717, 1.165) is 25.7 Å². The van der Waals surface area contributed by atoms with Crippen molar-refractivity contribution in [3.63, 3.8) is 0 Å². The number of carbonyl (C=O) groups is 2. The van der Waals surface area contributed by atoms with Gasteiger partial charge >= 0.3 is 11.9 Å². The maximum absolute atomic E-state index is 11.6. The van der Waals surface area contributed by atoms with Gasteiger partial charge in [-0.05, 0) is 11.8 Å². The van der Waals surface area contributed by atoms with Crippen LogP contribution in [-0.2, 0) is 19.1 Å². The van der Waals surface area contributed by atoms with Crippen molar-refractivity contribution in [2.24, 2.45) is 11.8 Å². The second-order valence-corrected chi connectivity index (χ2v) is 7.07. The van der Waals surface area contributed by atoms with Crippen molar-refractivity contribution in [2.45, 2.75) is 66.2 Å². The molecule has 0 fully saturated rings. The van der Waals surface area contributed by atoms with Gasteiger partial charge in [0.2, 0.25) is 0 Å².